The Bertz CT molecular complexity index is 1280. The van der Waals surface area contributed by atoms with Gasteiger partial charge >= 0.3 is 23.2 Å². The lowest BCUT2D eigenvalue weighted by atomic mass is 9.78. The summed E-state index contributed by atoms with van der Waals surface area (Å²) in [5.41, 5.74) is 1.07. The summed E-state index contributed by atoms with van der Waals surface area (Å²) in [6.07, 6.45) is 0. The van der Waals surface area contributed by atoms with Gasteiger partial charge in [-0.2, -0.15) is 0 Å². The maximum absolute atomic E-state index is 13.9. The first-order chi connectivity index (χ1) is 20.8. The molecule has 2 rings (SSSR count). The molecular weight excluding hydrogens is 630 g/mol. The van der Waals surface area contributed by atoms with Gasteiger partial charge in [-0.05, 0) is 45.4 Å². The van der Waals surface area contributed by atoms with E-state index < -0.39 is 59.2 Å². The highest BCUT2D eigenvalue weighted by Gasteiger charge is 2.37. The molecule has 10 nitrogen and oxygen atoms in total. The zero-order valence-electron chi connectivity index (χ0n) is 29.4. The molecule has 0 spiro atoms. The van der Waals surface area contributed by atoms with E-state index in [4.69, 9.17) is 18.5 Å². The fourth-order valence-electron chi connectivity index (χ4n) is 4.72. The Labute approximate surface area is 277 Å². The van der Waals surface area contributed by atoms with E-state index in [9.17, 15) is 29.5 Å². The topological polar surface area (TPSA) is 155 Å². The second kappa shape index (κ2) is 15.2. The number of hydrogen-bond donors (Lipinski definition) is 5. The molecule has 0 fully saturated rings. The van der Waals surface area contributed by atoms with Gasteiger partial charge in [0.1, 0.15) is 18.1 Å². The first kappa shape index (κ1) is 40.5. The van der Waals surface area contributed by atoms with Crippen molar-refractivity contribution in [2.45, 2.75) is 105 Å². The smallest absolute Gasteiger partial charge is 0.343 e. The van der Waals surface area contributed by atoms with Crippen molar-refractivity contribution >= 4 is 23.2 Å². The van der Waals surface area contributed by atoms with Crippen LogP contribution >= 0.6 is 17.2 Å². The minimum absolute atomic E-state index is 0.0783. The van der Waals surface area contributed by atoms with Crippen molar-refractivity contribution in [1.82, 2.24) is 0 Å². The van der Waals surface area contributed by atoms with Crippen LogP contribution < -0.4 is 9.47 Å². The van der Waals surface area contributed by atoms with Crippen LogP contribution in [0, 0.1) is 5.41 Å². The summed E-state index contributed by atoms with van der Waals surface area (Å²) in [5.74, 6) is 0.458. The van der Waals surface area contributed by atoms with Crippen molar-refractivity contribution < 1.29 is 48.0 Å². The van der Waals surface area contributed by atoms with Crippen molar-refractivity contribution in [3.05, 3.63) is 58.1 Å². The van der Waals surface area contributed by atoms with Crippen molar-refractivity contribution in [3.8, 4) is 11.5 Å². The lowest BCUT2D eigenvalue weighted by Crippen LogP contribution is -2.41. The van der Waals surface area contributed by atoms with Gasteiger partial charge in [-0.15, -0.1) is 0 Å². The number of ether oxygens (including phenoxy) is 2. The molecule has 12 heteroatoms. The molecule has 0 heterocycles. The molecule has 0 saturated carbocycles. The number of carbonyl (C=O) groups is 1. The fourth-order valence-corrected chi connectivity index (χ4v) is 5.50. The molecule has 0 bridgehead atoms. The molecule has 0 aromatic heterocycles. The van der Waals surface area contributed by atoms with Crippen LogP contribution in [-0.4, -0.2) is 57.1 Å². The molecule has 2 aromatic rings. The minimum Gasteiger partial charge on any atom is -0.492 e. The Morgan fingerprint density at radius 3 is 1.48 bits per heavy atom. The van der Waals surface area contributed by atoms with Crippen molar-refractivity contribution in [2.24, 2.45) is 5.41 Å². The number of aliphatic hydroxyl groups excluding tert-OH is 1. The lowest BCUT2D eigenvalue weighted by molar-refractivity contribution is -0.0169. The van der Waals surface area contributed by atoms with Gasteiger partial charge in [-0.25, -0.2) is 4.79 Å². The quantitative estimate of drug-likeness (QED) is 0.0905. The van der Waals surface area contributed by atoms with Crippen molar-refractivity contribution in [1.29, 1.82) is 0 Å². The minimum atomic E-state index is -2.76. The Morgan fingerprint density at radius 1 is 0.652 bits per heavy atom. The Morgan fingerprint density at radius 2 is 1.11 bits per heavy atom. The van der Waals surface area contributed by atoms with Gasteiger partial charge in [0.15, 0.2) is 0 Å². The summed E-state index contributed by atoms with van der Waals surface area (Å²) in [5, 5.41) is 10.3. The van der Waals surface area contributed by atoms with E-state index in [2.05, 4.69) is 47.6 Å². The van der Waals surface area contributed by atoms with E-state index in [1.807, 2.05) is 53.7 Å². The second-order valence-electron chi connectivity index (χ2n) is 16.0. The van der Waals surface area contributed by atoms with Gasteiger partial charge in [-0.3, -0.25) is 0 Å². The van der Waals surface area contributed by atoms with E-state index in [0.717, 1.165) is 11.1 Å². The SMILES string of the molecule is CC(C)(C)c1ccc(OC(=O)c2cc(C(C)(C)C)c(OCC(CO)(COP(O)O)COP(O)O)c(C(C)(C)C)c2)c(C(C)(C)C)c1. The van der Waals surface area contributed by atoms with E-state index in [-0.39, 0.29) is 17.4 Å². The summed E-state index contributed by atoms with van der Waals surface area (Å²) in [6, 6.07) is 9.46. The van der Waals surface area contributed by atoms with Gasteiger partial charge < -0.3 is 43.2 Å². The van der Waals surface area contributed by atoms with Gasteiger partial charge in [0, 0.05) is 16.7 Å². The molecular formula is C34H54O10P2. The molecule has 0 aliphatic heterocycles. The first-order valence-corrected chi connectivity index (χ1v) is 17.6. The molecule has 2 aromatic carbocycles. The molecule has 46 heavy (non-hydrogen) atoms. The van der Waals surface area contributed by atoms with Crippen LogP contribution in [0.4, 0.5) is 0 Å². The van der Waals surface area contributed by atoms with E-state index in [1.54, 1.807) is 12.1 Å². The van der Waals surface area contributed by atoms with E-state index in [0.29, 0.717) is 28.2 Å². The van der Waals surface area contributed by atoms with Crippen LogP contribution in [0.5, 0.6) is 11.5 Å². The van der Waals surface area contributed by atoms with Gasteiger partial charge in [0.05, 0.1) is 30.8 Å². The molecule has 0 atom stereocenters. The number of benzene rings is 2. The zero-order chi connectivity index (χ0) is 35.5. The molecule has 0 aliphatic rings. The highest BCUT2D eigenvalue weighted by atomic mass is 31.2. The third kappa shape index (κ3) is 11.2. The maximum Gasteiger partial charge on any atom is 0.343 e. The highest BCUT2D eigenvalue weighted by Crippen LogP contribution is 2.43. The summed E-state index contributed by atoms with van der Waals surface area (Å²) in [4.78, 5) is 51.4. The molecule has 0 radical (unpaired) electrons. The molecule has 260 valence electrons. The average molecular weight is 685 g/mol. The van der Waals surface area contributed by atoms with Crippen molar-refractivity contribution in [3.63, 3.8) is 0 Å². The Kier molecular flexibility index (Phi) is 13.4. The Hall–Kier alpha value is -1.71. The van der Waals surface area contributed by atoms with Crippen LogP contribution in [-0.2, 0) is 30.7 Å². The molecule has 0 unspecified atom stereocenters. The van der Waals surface area contributed by atoms with Gasteiger partial charge in [0.25, 0.3) is 0 Å². The van der Waals surface area contributed by atoms with Gasteiger partial charge in [0.2, 0.25) is 0 Å². The highest BCUT2D eigenvalue weighted by molar-refractivity contribution is 7.39. The number of carbonyl (C=O) groups excluding carboxylic acids is 1. The number of aliphatic hydroxyl groups is 1. The summed E-state index contributed by atoms with van der Waals surface area (Å²) >= 11 is 0. The van der Waals surface area contributed by atoms with Crippen LogP contribution in [0.2, 0.25) is 0 Å². The van der Waals surface area contributed by atoms with Crippen molar-refractivity contribution in [2.75, 3.05) is 26.4 Å². The number of hydrogen-bond acceptors (Lipinski definition) is 10. The molecule has 0 amide bonds. The maximum atomic E-state index is 13.9. The van der Waals surface area contributed by atoms with E-state index >= 15 is 0 Å². The first-order valence-electron chi connectivity index (χ1n) is 15.2. The van der Waals surface area contributed by atoms with Crippen LogP contribution in [0.3, 0.4) is 0 Å². The van der Waals surface area contributed by atoms with Gasteiger partial charge in [-0.1, -0.05) is 95.2 Å². The normalized spacial score (nSPS) is 13.5. The fraction of sp³-hybridized carbons (Fsp3) is 0.618. The van der Waals surface area contributed by atoms with Crippen LogP contribution in [0.1, 0.15) is 116 Å². The van der Waals surface area contributed by atoms with Crippen LogP contribution in [0.15, 0.2) is 30.3 Å². The van der Waals surface area contributed by atoms with Crippen LogP contribution in [0.25, 0.3) is 0 Å². The lowest BCUT2D eigenvalue weighted by Gasteiger charge is -2.35. The predicted molar refractivity (Wildman–Crippen MR) is 182 cm³/mol. The Balaban J connectivity index is 2.66. The van der Waals surface area contributed by atoms with E-state index in [1.165, 1.54) is 0 Å². The summed E-state index contributed by atoms with van der Waals surface area (Å²) in [6.45, 7) is 23.0. The summed E-state index contributed by atoms with van der Waals surface area (Å²) < 4.78 is 22.6. The molecule has 0 aliphatic carbocycles. The second-order valence-corrected chi connectivity index (χ2v) is 17.5. The standard InChI is InChI=1S/C34H54O10P2/c1-30(2,3)23-13-14-27(24(17-23)31(4,5)6)44-29(36)22-15-25(32(7,8)9)28(26(16-22)33(10,11)12)41-19-34(18-35,20-42-45(37)38)21-43-46(39)40/h13-17,35,37-40H,18-21H2,1-12H3. The number of rotatable bonds is 12. The predicted octanol–water partition coefficient (Wildman–Crippen LogP) is 6.91. The third-order valence-corrected chi connectivity index (χ3v) is 8.35. The average Bonchev–Trinajstić information content (AvgIpc) is 2.90. The largest absolute Gasteiger partial charge is 0.492 e. The molecule has 5 N–H and O–H groups in total. The monoisotopic (exact) mass is 684 g/mol. The third-order valence-electron chi connectivity index (χ3n) is 7.63. The molecule has 0 saturated heterocycles. The number of esters is 1. The summed E-state index contributed by atoms with van der Waals surface area (Å²) in [7, 11) is -5.51. The zero-order valence-corrected chi connectivity index (χ0v) is 31.2.